The Bertz CT molecular complexity index is 572. The van der Waals surface area contributed by atoms with Crippen molar-refractivity contribution >= 4 is 15.2 Å². The Labute approximate surface area is 118 Å². The van der Waals surface area contributed by atoms with Gasteiger partial charge in [0.25, 0.3) is 0 Å². The van der Waals surface area contributed by atoms with Crippen LogP contribution in [0, 0.1) is 0 Å². The van der Waals surface area contributed by atoms with E-state index < -0.39 is 27.5 Å². The molecule has 0 aliphatic rings. The summed E-state index contributed by atoms with van der Waals surface area (Å²) in [7, 11) is -8.59. The second kappa shape index (κ2) is 6.52. The van der Waals surface area contributed by atoms with Gasteiger partial charge in [-0.1, -0.05) is 26.0 Å². The van der Waals surface area contributed by atoms with Crippen molar-refractivity contribution in [1.29, 1.82) is 0 Å². The summed E-state index contributed by atoms with van der Waals surface area (Å²) in [6, 6.07) is 3.33. The molecule has 0 aliphatic carbocycles. The van der Waals surface area contributed by atoms with Crippen LogP contribution in [0.2, 0.25) is 0 Å². The molecule has 8 heteroatoms. The molecule has 20 heavy (non-hydrogen) atoms. The summed E-state index contributed by atoms with van der Waals surface area (Å²) >= 11 is 0. The van der Waals surface area contributed by atoms with Crippen LogP contribution in [0.25, 0.3) is 0 Å². The van der Waals surface area contributed by atoms with Gasteiger partial charge in [-0.15, -0.1) is 0 Å². The van der Waals surface area contributed by atoms with Crippen molar-refractivity contribution in [1.82, 2.24) is 0 Å². The SMILES string of the molecule is CCc1ccc(CP(=O)(O)O)c(CP(=O)(O)O)c1CC. The Balaban J connectivity index is 3.43. The first-order chi connectivity index (χ1) is 9.07. The van der Waals surface area contributed by atoms with E-state index in [-0.39, 0.29) is 0 Å². The number of rotatable bonds is 6. The van der Waals surface area contributed by atoms with E-state index in [9.17, 15) is 18.9 Å². The Morgan fingerprint density at radius 1 is 0.800 bits per heavy atom. The average Bonchev–Trinajstić information content (AvgIpc) is 2.27. The average molecular weight is 322 g/mol. The molecule has 0 saturated carbocycles. The van der Waals surface area contributed by atoms with Gasteiger partial charge < -0.3 is 19.6 Å². The predicted molar refractivity (Wildman–Crippen MR) is 76.7 cm³/mol. The lowest BCUT2D eigenvalue weighted by Crippen LogP contribution is -2.05. The van der Waals surface area contributed by atoms with Crippen molar-refractivity contribution < 1.29 is 28.7 Å². The molecule has 0 aliphatic heterocycles. The van der Waals surface area contributed by atoms with Gasteiger partial charge in [0, 0.05) is 0 Å². The minimum absolute atomic E-state index is 0.315. The van der Waals surface area contributed by atoms with E-state index in [2.05, 4.69) is 0 Å². The second-order valence-electron chi connectivity index (χ2n) is 4.69. The van der Waals surface area contributed by atoms with Crippen molar-refractivity contribution in [3.63, 3.8) is 0 Å². The van der Waals surface area contributed by atoms with E-state index in [0.717, 1.165) is 11.1 Å². The van der Waals surface area contributed by atoms with Crippen LogP contribution in [-0.4, -0.2) is 19.6 Å². The molecule has 0 unspecified atom stereocenters. The Kier molecular flexibility index (Phi) is 5.73. The van der Waals surface area contributed by atoms with Crippen LogP contribution in [-0.2, 0) is 34.3 Å². The van der Waals surface area contributed by atoms with Crippen LogP contribution in [0.15, 0.2) is 12.1 Å². The highest BCUT2D eigenvalue weighted by Gasteiger charge is 2.24. The highest BCUT2D eigenvalue weighted by Crippen LogP contribution is 2.45. The van der Waals surface area contributed by atoms with Crippen molar-refractivity contribution in [2.45, 2.75) is 39.0 Å². The van der Waals surface area contributed by atoms with Crippen molar-refractivity contribution in [2.75, 3.05) is 0 Å². The monoisotopic (exact) mass is 322 g/mol. The fraction of sp³-hybridized carbons (Fsp3) is 0.500. The number of hydrogen-bond donors (Lipinski definition) is 4. The molecule has 0 radical (unpaired) electrons. The Morgan fingerprint density at radius 3 is 1.70 bits per heavy atom. The standard InChI is InChI=1S/C12H20O6P2/c1-3-9-5-6-10(7-19(13,14)15)12(11(9)4-2)8-20(16,17)18/h5-6H,3-4,7-8H2,1-2H3,(H2,13,14,15)(H2,16,17,18). The first kappa shape index (κ1) is 17.6. The van der Waals surface area contributed by atoms with E-state index >= 15 is 0 Å². The van der Waals surface area contributed by atoms with E-state index in [0.29, 0.717) is 24.0 Å². The van der Waals surface area contributed by atoms with Crippen molar-refractivity contribution in [3.8, 4) is 0 Å². The minimum atomic E-state index is -4.30. The topological polar surface area (TPSA) is 115 Å². The van der Waals surface area contributed by atoms with Crippen LogP contribution in [0.1, 0.15) is 36.1 Å². The number of aryl methyl sites for hydroxylation is 1. The van der Waals surface area contributed by atoms with Gasteiger partial charge in [-0.2, -0.15) is 0 Å². The van der Waals surface area contributed by atoms with Gasteiger partial charge in [0.2, 0.25) is 0 Å². The fourth-order valence-electron chi connectivity index (χ4n) is 2.33. The van der Waals surface area contributed by atoms with Gasteiger partial charge in [0.05, 0.1) is 12.3 Å². The summed E-state index contributed by atoms with van der Waals surface area (Å²) in [5, 5.41) is 0. The van der Waals surface area contributed by atoms with Gasteiger partial charge >= 0.3 is 15.2 Å². The summed E-state index contributed by atoms with van der Waals surface area (Å²) in [6.45, 7) is 3.79. The lowest BCUT2D eigenvalue weighted by atomic mass is 9.94. The van der Waals surface area contributed by atoms with Crippen LogP contribution in [0.4, 0.5) is 0 Å². The summed E-state index contributed by atoms with van der Waals surface area (Å²) in [6.07, 6.45) is 0.277. The Morgan fingerprint density at radius 2 is 1.30 bits per heavy atom. The highest BCUT2D eigenvalue weighted by molar-refractivity contribution is 7.51. The predicted octanol–water partition coefficient (Wildman–Crippen LogP) is 2.17. The third kappa shape index (κ3) is 5.13. The number of hydrogen-bond acceptors (Lipinski definition) is 2. The molecule has 0 amide bonds. The molecule has 1 rings (SSSR count). The van der Waals surface area contributed by atoms with Gasteiger partial charge in [-0.05, 0) is 35.1 Å². The zero-order valence-corrected chi connectivity index (χ0v) is 13.3. The summed E-state index contributed by atoms with van der Waals surface area (Å²) < 4.78 is 22.5. The second-order valence-corrected chi connectivity index (χ2v) is 7.98. The molecule has 1 aromatic rings. The van der Waals surface area contributed by atoms with Crippen LogP contribution < -0.4 is 0 Å². The van der Waals surface area contributed by atoms with Crippen molar-refractivity contribution in [3.05, 3.63) is 34.4 Å². The first-order valence-corrected chi connectivity index (χ1v) is 9.88. The zero-order chi connectivity index (χ0) is 15.6. The minimum Gasteiger partial charge on any atom is -0.324 e. The third-order valence-corrected chi connectivity index (χ3v) is 4.58. The molecular weight excluding hydrogens is 302 g/mol. The maximum atomic E-state index is 11.3. The molecule has 0 spiro atoms. The van der Waals surface area contributed by atoms with E-state index in [4.69, 9.17) is 9.79 Å². The summed E-state index contributed by atoms with van der Waals surface area (Å²) in [5.41, 5.74) is 2.42. The fourth-order valence-corrected chi connectivity index (χ4v) is 3.88. The maximum Gasteiger partial charge on any atom is 0.329 e. The van der Waals surface area contributed by atoms with E-state index in [1.807, 2.05) is 13.8 Å². The van der Waals surface area contributed by atoms with Gasteiger partial charge in [0.1, 0.15) is 0 Å². The maximum absolute atomic E-state index is 11.3. The first-order valence-electron chi connectivity index (χ1n) is 6.29. The molecule has 0 saturated heterocycles. The van der Waals surface area contributed by atoms with Crippen LogP contribution in [0.5, 0.6) is 0 Å². The van der Waals surface area contributed by atoms with Gasteiger partial charge in [-0.3, -0.25) is 9.13 Å². The molecule has 0 bridgehead atoms. The van der Waals surface area contributed by atoms with Gasteiger partial charge in [-0.25, -0.2) is 0 Å². The quantitative estimate of drug-likeness (QED) is 0.597. The molecule has 0 fully saturated rings. The van der Waals surface area contributed by atoms with Crippen LogP contribution >= 0.6 is 15.2 Å². The highest BCUT2D eigenvalue weighted by atomic mass is 31.2. The molecular formula is C12H20O6P2. The van der Waals surface area contributed by atoms with Crippen molar-refractivity contribution in [2.24, 2.45) is 0 Å². The summed E-state index contributed by atoms with van der Waals surface area (Å²) in [4.78, 5) is 36.6. The Hall–Kier alpha value is -0.480. The smallest absolute Gasteiger partial charge is 0.324 e. The normalized spacial score (nSPS) is 12.7. The lowest BCUT2D eigenvalue weighted by molar-refractivity contribution is 0.367. The molecule has 0 aromatic heterocycles. The summed E-state index contributed by atoms with van der Waals surface area (Å²) in [5.74, 6) is 0. The van der Waals surface area contributed by atoms with E-state index in [1.54, 1.807) is 12.1 Å². The van der Waals surface area contributed by atoms with Crippen LogP contribution in [0.3, 0.4) is 0 Å². The molecule has 114 valence electrons. The largest absolute Gasteiger partial charge is 0.329 e. The molecule has 1 aromatic carbocycles. The zero-order valence-electron chi connectivity index (χ0n) is 11.5. The molecule has 6 nitrogen and oxygen atoms in total. The third-order valence-electron chi connectivity index (χ3n) is 3.10. The molecule has 0 heterocycles. The lowest BCUT2D eigenvalue weighted by Gasteiger charge is -2.18. The van der Waals surface area contributed by atoms with Gasteiger partial charge in [0.15, 0.2) is 0 Å². The molecule has 4 N–H and O–H groups in total. The molecule has 0 atom stereocenters. The van der Waals surface area contributed by atoms with E-state index in [1.165, 1.54) is 0 Å². The number of benzene rings is 1.